The van der Waals surface area contributed by atoms with Crippen molar-refractivity contribution in [3.63, 3.8) is 0 Å². The molecule has 2 aromatic rings. The van der Waals surface area contributed by atoms with Gasteiger partial charge in [-0.1, -0.05) is 42.5 Å². The third-order valence-corrected chi connectivity index (χ3v) is 3.91. The summed E-state index contributed by atoms with van der Waals surface area (Å²) in [6.07, 6.45) is 0.795. The number of hydrogen-bond acceptors (Lipinski definition) is 3. The second-order valence-corrected chi connectivity index (χ2v) is 5.98. The minimum absolute atomic E-state index is 0.294. The molecular weight excluding hydrogens is 332 g/mol. The zero-order valence-electron chi connectivity index (χ0n) is 14.4. The van der Waals surface area contributed by atoms with E-state index in [2.05, 4.69) is 16.1 Å². The van der Waals surface area contributed by atoms with Gasteiger partial charge in [-0.15, -0.1) is 0 Å². The second-order valence-electron chi connectivity index (χ2n) is 5.98. The predicted octanol–water partition coefficient (Wildman–Crippen LogP) is 2.86. The highest BCUT2D eigenvalue weighted by atomic mass is 16.5. The average molecular weight is 354 g/mol. The highest BCUT2D eigenvalue weighted by Gasteiger charge is 2.19. The van der Waals surface area contributed by atoms with Crippen LogP contribution in [0.1, 0.15) is 17.5 Å². The highest BCUT2D eigenvalue weighted by Crippen LogP contribution is 2.11. The van der Waals surface area contributed by atoms with Gasteiger partial charge in [0.05, 0.1) is 13.2 Å². The van der Waals surface area contributed by atoms with E-state index in [-0.39, 0.29) is 6.03 Å². The molecule has 3 rings (SSSR count). The lowest BCUT2D eigenvalue weighted by molar-refractivity contribution is 0.107. The van der Waals surface area contributed by atoms with Crippen molar-refractivity contribution in [2.75, 3.05) is 18.4 Å². The minimum Gasteiger partial charge on any atom is -0.372 e. The van der Waals surface area contributed by atoms with Gasteiger partial charge in [0, 0.05) is 18.8 Å². The fourth-order valence-corrected chi connectivity index (χ4v) is 2.56. The van der Waals surface area contributed by atoms with Gasteiger partial charge in [0.25, 0.3) is 0 Å². The Labute approximate surface area is 152 Å². The SMILES string of the molecule is O=C(Nc1ccc(COCc2ccccc2)cc1)NN1CCCNC1=O. The van der Waals surface area contributed by atoms with Crippen LogP contribution in [0.15, 0.2) is 54.6 Å². The maximum atomic E-state index is 12.0. The molecule has 0 spiro atoms. The first kappa shape index (κ1) is 17.8. The molecule has 0 atom stereocenters. The Morgan fingerprint density at radius 3 is 2.42 bits per heavy atom. The van der Waals surface area contributed by atoms with Crippen LogP contribution >= 0.6 is 0 Å². The van der Waals surface area contributed by atoms with Gasteiger partial charge in [0.15, 0.2) is 0 Å². The summed E-state index contributed by atoms with van der Waals surface area (Å²) in [7, 11) is 0. The van der Waals surface area contributed by atoms with Gasteiger partial charge in [0.1, 0.15) is 0 Å². The number of nitrogens with zero attached hydrogens (tertiary/aromatic N) is 1. The lowest BCUT2D eigenvalue weighted by atomic mass is 10.2. The van der Waals surface area contributed by atoms with Crippen LogP contribution in [0, 0.1) is 0 Å². The van der Waals surface area contributed by atoms with E-state index in [0.29, 0.717) is 32.0 Å². The first-order valence-electron chi connectivity index (χ1n) is 8.54. The van der Waals surface area contributed by atoms with Crippen molar-refractivity contribution in [1.29, 1.82) is 0 Å². The van der Waals surface area contributed by atoms with Gasteiger partial charge < -0.3 is 15.4 Å². The summed E-state index contributed by atoms with van der Waals surface area (Å²) in [5.41, 5.74) is 5.32. The van der Waals surface area contributed by atoms with Gasteiger partial charge in [-0.25, -0.2) is 20.0 Å². The number of hydrogen-bond donors (Lipinski definition) is 3. The van der Waals surface area contributed by atoms with Crippen LogP contribution in [-0.2, 0) is 18.0 Å². The van der Waals surface area contributed by atoms with Gasteiger partial charge in [-0.3, -0.25) is 0 Å². The monoisotopic (exact) mass is 354 g/mol. The Hall–Kier alpha value is -3.06. The van der Waals surface area contributed by atoms with E-state index in [1.807, 2.05) is 42.5 Å². The first-order valence-corrected chi connectivity index (χ1v) is 8.54. The molecule has 2 aromatic carbocycles. The number of nitrogens with one attached hydrogen (secondary N) is 3. The molecule has 7 heteroatoms. The van der Waals surface area contributed by atoms with Gasteiger partial charge >= 0.3 is 12.1 Å². The van der Waals surface area contributed by atoms with Crippen molar-refractivity contribution in [3.05, 3.63) is 65.7 Å². The molecule has 0 radical (unpaired) electrons. The lowest BCUT2D eigenvalue weighted by Gasteiger charge is -2.27. The fraction of sp³-hybridized carbons (Fsp3) is 0.263. The number of rotatable bonds is 6. The summed E-state index contributed by atoms with van der Waals surface area (Å²) in [4.78, 5) is 23.6. The molecule has 1 heterocycles. The Balaban J connectivity index is 1.43. The van der Waals surface area contributed by atoms with E-state index in [0.717, 1.165) is 17.5 Å². The number of amides is 4. The first-order chi connectivity index (χ1) is 12.7. The third kappa shape index (κ3) is 5.22. The van der Waals surface area contributed by atoms with Crippen molar-refractivity contribution in [2.45, 2.75) is 19.6 Å². The molecule has 0 bridgehead atoms. The molecular formula is C19H22N4O3. The Morgan fingerprint density at radius 1 is 1.04 bits per heavy atom. The van der Waals surface area contributed by atoms with E-state index in [9.17, 15) is 9.59 Å². The second kappa shape index (κ2) is 8.87. The van der Waals surface area contributed by atoms with Crippen LogP contribution in [0.2, 0.25) is 0 Å². The molecule has 136 valence electrons. The van der Waals surface area contributed by atoms with E-state index in [4.69, 9.17) is 4.74 Å². The molecule has 7 nitrogen and oxygen atoms in total. The minimum atomic E-state index is -0.449. The van der Waals surface area contributed by atoms with Gasteiger partial charge in [-0.2, -0.15) is 0 Å². The average Bonchev–Trinajstić information content (AvgIpc) is 2.66. The predicted molar refractivity (Wildman–Crippen MR) is 98.3 cm³/mol. The van der Waals surface area contributed by atoms with Crippen molar-refractivity contribution < 1.29 is 14.3 Å². The van der Waals surface area contributed by atoms with Crippen LogP contribution in [-0.4, -0.2) is 30.2 Å². The zero-order valence-corrected chi connectivity index (χ0v) is 14.4. The lowest BCUT2D eigenvalue weighted by Crippen LogP contribution is -2.55. The molecule has 0 saturated carbocycles. The van der Waals surface area contributed by atoms with E-state index in [1.54, 1.807) is 12.1 Å². The molecule has 3 N–H and O–H groups in total. The Morgan fingerprint density at radius 2 is 1.73 bits per heavy atom. The molecule has 1 fully saturated rings. The summed E-state index contributed by atoms with van der Waals surface area (Å²) < 4.78 is 5.69. The number of ether oxygens (including phenoxy) is 1. The number of hydrazine groups is 1. The number of carbonyl (C=O) groups excluding carboxylic acids is 2. The molecule has 1 saturated heterocycles. The quantitative estimate of drug-likeness (QED) is 0.746. The summed E-state index contributed by atoms with van der Waals surface area (Å²) in [5.74, 6) is 0. The van der Waals surface area contributed by atoms with Crippen LogP contribution in [0.5, 0.6) is 0 Å². The molecule has 1 aliphatic rings. The molecule has 26 heavy (non-hydrogen) atoms. The standard InChI is InChI=1S/C19H22N4O3/c24-18(22-23-12-4-11-20-19(23)25)21-17-9-7-16(8-10-17)14-26-13-15-5-2-1-3-6-15/h1-3,5-10H,4,11-14H2,(H,20,25)(H2,21,22,24). The van der Waals surface area contributed by atoms with Crippen molar-refractivity contribution in [3.8, 4) is 0 Å². The van der Waals surface area contributed by atoms with E-state index in [1.165, 1.54) is 5.01 Å². The molecule has 4 amide bonds. The number of benzene rings is 2. The van der Waals surface area contributed by atoms with Crippen LogP contribution in [0.25, 0.3) is 0 Å². The zero-order chi connectivity index (χ0) is 18.2. The molecule has 0 unspecified atom stereocenters. The summed E-state index contributed by atoms with van der Waals surface area (Å²) in [6, 6.07) is 16.6. The fourth-order valence-electron chi connectivity index (χ4n) is 2.56. The smallest absolute Gasteiger partial charge is 0.338 e. The number of carbonyl (C=O) groups is 2. The third-order valence-electron chi connectivity index (χ3n) is 3.91. The Bertz CT molecular complexity index is 734. The largest absolute Gasteiger partial charge is 0.372 e. The van der Waals surface area contributed by atoms with Crippen molar-refractivity contribution in [2.24, 2.45) is 0 Å². The van der Waals surface area contributed by atoms with Crippen molar-refractivity contribution in [1.82, 2.24) is 15.8 Å². The molecule has 0 aliphatic carbocycles. The normalized spacial score (nSPS) is 13.8. The highest BCUT2D eigenvalue weighted by molar-refractivity contribution is 5.90. The maximum absolute atomic E-state index is 12.0. The Kier molecular flexibility index (Phi) is 6.05. The topological polar surface area (TPSA) is 82.7 Å². The van der Waals surface area contributed by atoms with Crippen LogP contribution in [0.3, 0.4) is 0 Å². The molecule has 0 aromatic heterocycles. The van der Waals surface area contributed by atoms with E-state index < -0.39 is 6.03 Å². The van der Waals surface area contributed by atoms with Gasteiger partial charge in [-0.05, 0) is 29.7 Å². The van der Waals surface area contributed by atoms with Crippen molar-refractivity contribution >= 4 is 17.7 Å². The number of anilines is 1. The van der Waals surface area contributed by atoms with Crippen LogP contribution < -0.4 is 16.1 Å². The summed E-state index contributed by atoms with van der Waals surface area (Å²) >= 11 is 0. The summed E-state index contributed by atoms with van der Waals surface area (Å²) in [6.45, 7) is 2.18. The van der Waals surface area contributed by atoms with Crippen LogP contribution in [0.4, 0.5) is 15.3 Å². The number of urea groups is 2. The molecule has 1 aliphatic heterocycles. The summed E-state index contributed by atoms with van der Waals surface area (Å²) in [5, 5.41) is 6.65. The maximum Gasteiger partial charge on any atom is 0.338 e. The van der Waals surface area contributed by atoms with Gasteiger partial charge in [0.2, 0.25) is 0 Å². The van der Waals surface area contributed by atoms with E-state index >= 15 is 0 Å².